The number of methoxy groups -OCH3 is 1. The van der Waals surface area contributed by atoms with Crippen LogP contribution in [0, 0.1) is 0 Å². The number of hydrogen-bond donors (Lipinski definition) is 2. The van der Waals surface area contributed by atoms with Gasteiger partial charge in [0.2, 0.25) is 5.88 Å². The number of nitrogens with zero attached hydrogens (tertiary/aromatic N) is 3. The van der Waals surface area contributed by atoms with Gasteiger partial charge >= 0.3 is 0 Å². The molecule has 11 nitrogen and oxygen atoms in total. The van der Waals surface area contributed by atoms with Gasteiger partial charge in [-0.25, -0.2) is 18.4 Å². The van der Waals surface area contributed by atoms with E-state index in [1.54, 1.807) is 31.4 Å². The number of aromatic nitrogens is 2. The molecule has 2 aromatic heterocycles. The summed E-state index contributed by atoms with van der Waals surface area (Å²) in [6.07, 6.45) is 4.42. The van der Waals surface area contributed by atoms with Crippen LogP contribution in [0.25, 0.3) is 10.3 Å². The van der Waals surface area contributed by atoms with Gasteiger partial charge in [-0.2, -0.15) is 0 Å². The van der Waals surface area contributed by atoms with E-state index in [9.17, 15) is 13.2 Å². The summed E-state index contributed by atoms with van der Waals surface area (Å²) in [5.74, 6) is -0.0327. The lowest BCUT2D eigenvalue weighted by Gasteiger charge is -2.12. The number of amides is 1. The largest absolute Gasteiger partial charge is 0.478 e. The van der Waals surface area contributed by atoms with E-state index in [-0.39, 0.29) is 28.1 Å². The molecule has 2 fully saturated rings. The van der Waals surface area contributed by atoms with Gasteiger partial charge in [0.25, 0.3) is 5.91 Å². The van der Waals surface area contributed by atoms with Crippen LogP contribution >= 0.6 is 11.3 Å². The molecule has 2 saturated carbocycles. The third kappa shape index (κ3) is 6.77. The molecule has 2 atom stereocenters. The van der Waals surface area contributed by atoms with Gasteiger partial charge in [-0.3, -0.25) is 10.1 Å². The first-order valence-electron chi connectivity index (χ1n) is 13.3. The molecule has 1 aromatic carbocycles. The minimum Gasteiger partial charge on any atom is -0.478 e. The van der Waals surface area contributed by atoms with Crippen molar-refractivity contribution >= 4 is 48.3 Å². The van der Waals surface area contributed by atoms with Crippen molar-refractivity contribution in [2.45, 2.75) is 60.9 Å². The first kappa shape index (κ1) is 28.4. The molecule has 2 heterocycles. The fourth-order valence-corrected chi connectivity index (χ4v) is 6.93. The third-order valence-electron chi connectivity index (χ3n) is 6.87. The topological polar surface area (TPSA) is 141 Å². The van der Waals surface area contributed by atoms with Gasteiger partial charge in [-0.15, -0.1) is 0 Å². The van der Waals surface area contributed by atoms with Crippen molar-refractivity contribution in [3.05, 3.63) is 42.0 Å². The lowest BCUT2D eigenvalue weighted by molar-refractivity contribution is -0.110. The highest BCUT2D eigenvalue weighted by Crippen LogP contribution is 2.33. The fourth-order valence-electron chi connectivity index (χ4n) is 4.45. The Kier molecular flexibility index (Phi) is 8.94. The van der Waals surface area contributed by atoms with Crippen molar-refractivity contribution in [2.24, 2.45) is 5.16 Å². The average Bonchev–Trinajstić information content (AvgIpc) is 3.60. The van der Waals surface area contributed by atoms with E-state index in [0.717, 1.165) is 25.8 Å². The number of carbonyl (C=O) groups excluding carboxylic acids is 1. The molecule has 1 amide bonds. The summed E-state index contributed by atoms with van der Waals surface area (Å²) in [4.78, 5) is 29.0. The molecule has 40 heavy (non-hydrogen) atoms. The number of fused-ring (bicyclic) bond motifs is 1. The average molecular weight is 588 g/mol. The van der Waals surface area contributed by atoms with E-state index >= 15 is 0 Å². The molecule has 0 spiro atoms. The number of thiazole rings is 1. The summed E-state index contributed by atoms with van der Waals surface area (Å²) >= 11 is 1.22. The number of hydrogen-bond acceptors (Lipinski definition) is 11. The lowest BCUT2D eigenvalue weighted by Crippen LogP contribution is -2.25. The molecular weight excluding hydrogens is 554 g/mol. The second kappa shape index (κ2) is 12.6. The normalized spacial score (nSPS) is 19.6. The number of oxime groups is 1. The SMILES string of the molecule is CNCCCOc1ccc2nc(NC(=O)/C(=N/O[C@@H]3CC[C@@H](OC)C3)c3ccc(S(=O)(=O)C4CC4)cc3)sc2n1. The molecule has 0 bridgehead atoms. The quantitative estimate of drug-likeness (QED) is 0.174. The predicted octanol–water partition coefficient (Wildman–Crippen LogP) is 3.54. The van der Waals surface area contributed by atoms with Gasteiger partial charge in [0.05, 0.1) is 22.9 Å². The molecule has 5 rings (SSSR count). The maximum absolute atomic E-state index is 13.4. The summed E-state index contributed by atoms with van der Waals surface area (Å²) in [5, 5.41) is 10.1. The first-order chi connectivity index (χ1) is 19.4. The number of anilines is 1. The summed E-state index contributed by atoms with van der Waals surface area (Å²) in [7, 11) is 0.200. The molecule has 3 aromatic rings. The second-order valence-electron chi connectivity index (χ2n) is 9.86. The van der Waals surface area contributed by atoms with Crippen LogP contribution in [0.1, 0.15) is 44.1 Å². The van der Waals surface area contributed by atoms with E-state index in [0.29, 0.717) is 52.8 Å². The maximum Gasteiger partial charge on any atom is 0.280 e. The number of benzene rings is 1. The molecule has 214 valence electrons. The number of carbonyl (C=O) groups is 1. The van der Waals surface area contributed by atoms with Crippen LogP contribution in [0.4, 0.5) is 5.13 Å². The smallest absolute Gasteiger partial charge is 0.280 e. The molecule has 0 radical (unpaired) electrons. The highest BCUT2D eigenvalue weighted by Gasteiger charge is 2.37. The summed E-state index contributed by atoms with van der Waals surface area (Å²) in [5.41, 5.74) is 1.09. The summed E-state index contributed by atoms with van der Waals surface area (Å²) in [6.45, 7) is 1.38. The van der Waals surface area contributed by atoms with E-state index in [2.05, 4.69) is 25.8 Å². The zero-order valence-corrected chi connectivity index (χ0v) is 24.1. The van der Waals surface area contributed by atoms with Crippen molar-refractivity contribution in [1.82, 2.24) is 15.3 Å². The molecule has 0 unspecified atom stereocenters. The van der Waals surface area contributed by atoms with Crippen LogP contribution in [0.5, 0.6) is 5.88 Å². The molecule has 0 saturated heterocycles. The van der Waals surface area contributed by atoms with Gasteiger partial charge in [-0.1, -0.05) is 28.6 Å². The second-order valence-corrected chi connectivity index (χ2v) is 13.1. The lowest BCUT2D eigenvalue weighted by atomic mass is 10.1. The number of rotatable bonds is 13. The monoisotopic (exact) mass is 587 g/mol. The van der Waals surface area contributed by atoms with Gasteiger partial charge in [-0.05, 0) is 63.9 Å². The van der Waals surface area contributed by atoms with Gasteiger partial charge in [0.15, 0.2) is 20.7 Å². The first-order valence-corrected chi connectivity index (χ1v) is 15.7. The molecule has 0 aliphatic heterocycles. The van der Waals surface area contributed by atoms with Crippen LogP contribution in [-0.2, 0) is 24.2 Å². The van der Waals surface area contributed by atoms with E-state index in [4.69, 9.17) is 14.3 Å². The zero-order chi connectivity index (χ0) is 28.1. The maximum atomic E-state index is 13.4. The Balaban J connectivity index is 1.34. The molecule has 2 N–H and O–H groups in total. The van der Waals surface area contributed by atoms with Crippen LogP contribution in [0.15, 0.2) is 46.4 Å². The highest BCUT2D eigenvalue weighted by atomic mass is 32.2. The van der Waals surface area contributed by atoms with Crippen LogP contribution in [-0.4, -0.2) is 74.8 Å². The van der Waals surface area contributed by atoms with E-state index in [1.165, 1.54) is 23.5 Å². The van der Waals surface area contributed by atoms with Crippen molar-refractivity contribution in [3.8, 4) is 5.88 Å². The Morgan fingerprint density at radius 1 is 1.07 bits per heavy atom. The highest BCUT2D eigenvalue weighted by molar-refractivity contribution is 7.92. The Bertz CT molecular complexity index is 1470. The zero-order valence-electron chi connectivity index (χ0n) is 22.5. The molecule has 13 heteroatoms. The predicted molar refractivity (Wildman–Crippen MR) is 153 cm³/mol. The summed E-state index contributed by atoms with van der Waals surface area (Å²) in [6, 6.07) is 9.75. The van der Waals surface area contributed by atoms with Crippen LogP contribution in [0.2, 0.25) is 0 Å². The van der Waals surface area contributed by atoms with Crippen molar-refractivity contribution in [2.75, 3.05) is 32.6 Å². The van der Waals surface area contributed by atoms with Crippen molar-refractivity contribution < 1.29 is 27.5 Å². The van der Waals surface area contributed by atoms with Crippen molar-refractivity contribution in [3.63, 3.8) is 0 Å². The Labute approximate surface area is 237 Å². The summed E-state index contributed by atoms with van der Waals surface area (Å²) < 4.78 is 36.4. The number of pyridine rings is 1. The van der Waals surface area contributed by atoms with Gasteiger partial charge < -0.3 is 19.6 Å². The minimum absolute atomic E-state index is 0.0250. The number of sulfone groups is 1. The minimum atomic E-state index is -3.35. The Morgan fingerprint density at radius 3 is 2.55 bits per heavy atom. The molecule has 2 aliphatic rings. The third-order valence-corrected chi connectivity index (χ3v) is 10.0. The van der Waals surface area contributed by atoms with Crippen molar-refractivity contribution in [1.29, 1.82) is 0 Å². The van der Waals surface area contributed by atoms with Crippen LogP contribution < -0.4 is 15.4 Å². The molecule has 2 aliphatic carbocycles. The van der Waals surface area contributed by atoms with E-state index < -0.39 is 15.7 Å². The standard InChI is InChI=1S/C27H33N5O6S2/c1-28-14-3-15-37-23-13-12-22-26(30-23)39-27(29-22)31-25(33)24(32-38-19-7-6-18(16-19)36-2)17-4-8-20(9-5-17)40(34,35)21-10-11-21/h4-5,8-9,12-13,18-19,21,28H,3,6-7,10-11,14-16H2,1-2H3,(H,29,31,33)/b32-24+/t18-,19-/m1/s1. The van der Waals surface area contributed by atoms with Gasteiger partial charge in [0, 0.05) is 25.2 Å². The fraction of sp³-hybridized carbons (Fsp3) is 0.481. The molecular formula is C27H33N5O6S2. The Morgan fingerprint density at radius 2 is 1.85 bits per heavy atom. The number of nitrogens with one attached hydrogen (secondary N) is 2. The Hall–Kier alpha value is -3.13. The number of ether oxygens (including phenoxy) is 2. The van der Waals surface area contributed by atoms with Gasteiger partial charge in [0.1, 0.15) is 16.5 Å². The van der Waals surface area contributed by atoms with E-state index in [1.807, 2.05) is 7.05 Å². The van der Waals surface area contributed by atoms with Crippen LogP contribution in [0.3, 0.4) is 0 Å².